The molecule has 0 aliphatic heterocycles. The van der Waals surface area contributed by atoms with Gasteiger partial charge in [0.15, 0.2) is 0 Å². The van der Waals surface area contributed by atoms with Gasteiger partial charge in [-0.05, 0) is 55.8 Å². The van der Waals surface area contributed by atoms with Gasteiger partial charge in [0, 0.05) is 0 Å². The quantitative estimate of drug-likeness (QED) is 0.164. The second-order valence-electron chi connectivity index (χ2n) is 14.9. The number of hydrogen-bond donors (Lipinski definition) is 0. The molecule has 0 aliphatic carbocycles. The Morgan fingerprint density at radius 2 is 1.05 bits per heavy atom. The summed E-state index contributed by atoms with van der Waals surface area (Å²) in [5, 5.41) is 0. The molecule has 0 radical (unpaired) electrons. The zero-order chi connectivity index (χ0) is 31.0. The third-order valence-corrected chi connectivity index (χ3v) is 6.29. The fourth-order valence-corrected chi connectivity index (χ4v) is 4.55. The minimum atomic E-state index is -4.05. The van der Waals surface area contributed by atoms with Crippen LogP contribution in [0.5, 0.6) is 0 Å². The van der Waals surface area contributed by atoms with Gasteiger partial charge >= 0.3 is 6.18 Å². The van der Waals surface area contributed by atoms with E-state index in [9.17, 15) is 26.3 Å². The van der Waals surface area contributed by atoms with E-state index in [2.05, 4.69) is 34.6 Å². The zero-order valence-corrected chi connectivity index (χ0v) is 27.3. The molecule has 0 saturated carbocycles. The van der Waals surface area contributed by atoms with E-state index in [1.807, 2.05) is 20.8 Å². The molecule has 4 atom stereocenters. The molecular formula is C32H64F6. The maximum absolute atomic E-state index is 13.9. The van der Waals surface area contributed by atoms with Crippen LogP contribution in [0, 0.1) is 22.2 Å². The van der Waals surface area contributed by atoms with E-state index in [1.54, 1.807) is 27.7 Å². The van der Waals surface area contributed by atoms with Crippen LogP contribution in [0.25, 0.3) is 0 Å². The van der Waals surface area contributed by atoms with Crippen LogP contribution in [0.1, 0.15) is 161 Å². The summed E-state index contributed by atoms with van der Waals surface area (Å²) in [5.74, 6) is -1.16. The largest absolute Gasteiger partial charge is 0.392 e. The van der Waals surface area contributed by atoms with Crippen molar-refractivity contribution in [2.75, 3.05) is 0 Å². The van der Waals surface area contributed by atoms with E-state index in [-0.39, 0.29) is 17.3 Å². The lowest BCUT2D eigenvalue weighted by Crippen LogP contribution is -2.34. The molecule has 0 amide bonds. The van der Waals surface area contributed by atoms with Gasteiger partial charge in [-0.25, -0.2) is 13.2 Å². The highest BCUT2D eigenvalue weighted by atomic mass is 19.4. The number of rotatable bonds is 12. The van der Waals surface area contributed by atoms with Gasteiger partial charge in [-0.15, -0.1) is 0 Å². The van der Waals surface area contributed by atoms with Crippen LogP contribution in [-0.2, 0) is 0 Å². The van der Waals surface area contributed by atoms with Crippen molar-refractivity contribution in [1.29, 1.82) is 0 Å². The Hall–Kier alpha value is -0.420. The zero-order valence-electron chi connectivity index (χ0n) is 27.3. The van der Waals surface area contributed by atoms with Crippen LogP contribution in [0.15, 0.2) is 0 Å². The smallest absolute Gasteiger partial charge is 0.245 e. The van der Waals surface area contributed by atoms with Gasteiger partial charge in [-0.2, -0.15) is 13.2 Å². The Morgan fingerprint density at radius 1 is 0.605 bits per heavy atom. The molecule has 0 aromatic heterocycles. The fraction of sp³-hybridized carbons (Fsp3) is 1.00. The van der Waals surface area contributed by atoms with Crippen LogP contribution in [-0.4, -0.2) is 24.2 Å². The summed E-state index contributed by atoms with van der Waals surface area (Å²) >= 11 is 0. The van der Waals surface area contributed by atoms with E-state index < -0.39 is 35.5 Å². The van der Waals surface area contributed by atoms with E-state index in [4.69, 9.17) is 0 Å². The summed E-state index contributed by atoms with van der Waals surface area (Å²) in [6.45, 7) is 24.3. The van der Waals surface area contributed by atoms with Gasteiger partial charge in [-0.1, -0.05) is 121 Å². The number of unbranched alkanes of at least 4 members (excludes halogenated alkanes) is 5. The molecule has 0 N–H and O–H groups in total. The first kappa shape index (κ1) is 42.1. The highest BCUT2D eigenvalue weighted by Crippen LogP contribution is 2.42. The number of alkyl halides is 6. The molecule has 0 saturated heterocycles. The summed E-state index contributed by atoms with van der Waals surface area (Å²) in [6, 6.07) is 0. The van der Waals surface area contributed by atoms with E-state index >= 15 is 0 Å². The van der Waals surface area contributed by atoms with Gasteiger partial charge in [0.2, 0.25) is 0 Å². The van der Waals surface area contributed by atoms with Crippen molar-refractivity contribution in [1.82, 2.24) is 0 Å². The first-order valence-corrected chi connectivity index (χ1v) is 14.8. The van der Waals surface area contributed by atoms with Crippen LogP contribution in [0.2, 0.25) is 0 Å². The third kappa shape index (κ3) is 28.6. The topological polar surface area (TPSA) is 0 Å². The second-order valence-corrected chi connectivity index (χ2v) is 14.9. The second kappa shape index (κ2) is 18.8. The standard InChI is InChI=1S/C12H23F3.C12H25F.C8H16F2/c1-5-6-7-8-9-10(11(2,3)4)12(13,14)15;1-6-7-8-9-12(5,13)10-11(2,3)4;1-6(9)7(10)5-8(2,3)4/h10H,5-9H2,1-4H3;6-10H2,1-5H3;6-7H,5H2,1-4H3/t10-;12-;6-,7-/m101/s1. The fourth-order valence-electron chi connectivity index (χ4n) is 4.55. The van der Waals surface area contributed by atoms with Crippen LogP contribution >= 0.6 is 0 Å². The van der Waals surface area contributed by atoms with Crippen molar-refractivity contribution >= 4 is 0 Å². The molecule has 0 aliphatic rings. The minimum absolute atomic E-state index is 0.107. The van der Waals surface area contributed by atoms with Gasteiger partial charge < -0.3 is 0 Å². The van der Waals surface area contributed by atoms with Crippen LogP contribution in [0.4, 0.5) is 26.3 Å². The van der Waals surface area contributed by atoms with Crippen molar-refractivity contribution in [3.05, 3.63) is 0 Å². The monoisotopic (exact) mass is 562 g/mol. The van der Waals surface area contributed by atoms with Crippen molar-refractivity contribution in [2.24, 2.45) is 22.2 Å². The van der Waals surface area contributed by atoms with Crippen LogP contribution < -0.4 is 0 Å². The molecule has 0 spiro atoms. The van der Waals surface area contributed by atoms with Gasteiger partial charge in [0.05, 0.1) is 5.92 Å². The lowest BCUT2D eigenvalue weighted by Gasteiger charge is -2.32. The molecule has 0 aromatic rings. The Kier molecular flexibility index (Phi) is 20.8. The lowest BCUT2D eigenvalue weighted by atomic mass is 9.77. The molecule has 0 bridgehead atoms. The average Bonchev–Trinajstić information content (AvgIpc) is 2.63. The van der Waals surface area contributed by atoms with Gasteiger partial charge in [0.1, 0.15) is 18.0 Å². The number of halogens is 6. The van der Waals surface area contributed by atoms with Crippen LogP contribution in [0.3, 0.4) is 0 Å². The normalized spacial score (nSPS) is 16.8. The summed E-state index contributed by atoms with van der Waals surface area (Å²) in [6.07, 6.45) is 2.33. The molecule has 0 rings (SSSR count). The molecule has 0 fully saturated rings. The Labute approximate surface area is 233 Å². The minimum Gasteiger partial charge on any atom is -0.245 e. The average molecular weight is 563 g/mol. The van der Waals surface area contributed by atoms with E-state index in [0.717, 1.165) is 38.5 Å². The van der Waals surface area contributed by atoms with Crippen molar-refractivity contribution in [2.45, 2.75) is 185 Å². The van der Waals surface area contributed by atoms with Crippen molar-refractivity contribution in [3.63, 3.8) is 0 Å². The van der Waals surface area contributed by atoms with Crippen molar-refractivity contribution < 1.29 is 26.3 Å². The number of hydrogen-bond acceptors (Lipinski definition) is 0. The first-order valence-electron chi connectivity index (χ1n) is 14.8. The Balaban J connectivity index is -0.000000494. The first-order chi connectivity index (χ1) is 16.8. The molecule has 0 heterocycles. The summed E-state index contributed by atoms with van der Waals surface area (Å²) in [4.78, 5) is 0. The van der Waals surface area contributed by atoms with Gasteiger partial charge in [-0.3, -0.25) is 0 Å². The Bertz CT molecular complexity index is 530. The summed E-state index contributed by atoms with van der Waals surface area (Å²) < 4.78 is 77.0. The maximum atomic E-state index is 13.9. The van der Waals surface area contributed by atoms with E-state index in [0.29, 0.717) is 19.3 Å². The predicted octanol–water partition coefficient (Wildman–Crippen LogP) is 13.0. The van der Waals surface area contributed by atoms with Crippen molar-refractivity contribution in [3.8, 4) is 0 Å². The molecule has 234 valence electrons. The summed E-state index contributed by atoms with van der Waals surface area (Å²) in [5.41, 5.74) is -1.65. The lowest BCUT2D eigenvalue weighted by molar-refractivity contribution is -0.202. The molecule has 0 nitrogen and oxygen atoms in total. The Morgan fingerprint density at radius 3 is 1.34 bits per heavy atom. The maximum Gasteiger partial charge on any atom is 0.392 e. The third-order valence-electron chi connectivity index (χ3n) is 6.29. The molecule has 0 unspecified atom stereocenters. The molecular weight excluding hydrogens is 498 g/mol. The molecule has 38 heavy (non-hydrogen) atoms. The van der Waals surface area contributed by atoms with E-state index in [1.165, 1.54) is 13.3 Å². The summed E-state index contributed by atoms with van der Waals surface area (Å²) in [7, 11) is 0. The highest BCUT2D eigenvalue weighted by molar-refractivity contribution is 4.80. The van der Waals surface area contributed by atoms with Gasteiger partial charge in [0.25, 0.3) is 0 Å². The molecule has 0 aromatic carbocycles. The predicted molar refractivity (Wildman–Crippen MR) is 155 cm³/mol. The molecule has 6 heteroatoms. The highest BCUT2D eigenvalue weighted by Gasteiger charge is 2.45. The SMILES string of the molecule is CCCCCC[C@H](C(C)(C)C)C(F)(F)F.CCCCC[C@](C)(F)CC(C)(C)C.C[C@@H](F)[C@H](F)CC(C)(C)C.